The van der Waals surface area contributed by atoms with Gasteiger partial charge in [-0.1, -0.05) is 30.3 Å². The molecule has 1 N–H and O–H groups in total. The van der Waals surface area contributed by atoms with Crippen molar-refractivity contribution in [2.75, 3.05) is 18.5 Å². The topological polar surface area (TPSA) is 60.5 Å². The molecule has 0 unspecified atom stereocenters. The molecule has 0 bridgehead atoms. The van der Waals surface area contributed by atoms with Gasteiger partial charge in [0.2, 0.25) is 0 Å². The van der Waals surface area contributed by atoms with Crippen molar-refractivity contribution in [2.45, 2.75) is 13.8 Å². The Balaban J connectivity index is 1.71. The summed E-state index contributed by atoms with van der Waals surface area (Å²) in [6.07, 6.45) is 0. The number of carbonyl (C=O) groups excluding carboxylic acids is 1. The molecule has 0 aliphatic rings. The zero-order valence-electron chi connectivity index (χ0n) is 17.6. The lowest BCUT2D eigenvalue weighted by molar-refractivity contribution is 0.102. The van der Waals surface area contributed by atoms with E-state index in [0.29, 0.717) is 24.5 Å². The van der Waals surface area contributed by atoms with E-state index in [1.54, 1.807) is 0 Å². The number of fused-ring (bicyclic) bond motifs is 1. The normalized spacial score (nSPS) is 10.6. The second-order valence-electron chi connectivity index (χ2n) is 6.94. The van der Waals surface area contributed by atoms with Gasteiger partial charge in [0, 0.05) is 16.6 Å². The Hall–Kier alpha value is -3.86. The molecule has 3 aromatic carbocycles. The van der Waals surface area contributed by atoms with Crippen molar-refractivity contribution >= 4 is 22.5 Å². The monoisotopic (exact) mass is 412 g/mol. The first-order valence-corrected chi connectivity index (χ1v) is 10.3. The molecule has 4 rings (SSSR count). The number of nitrogens with one attached hydrogen (secondary N) is 1. The van der Waals surface area contributed by atoms with Gasteiger partial charge in [0.1, 0.15) is 11.5 Å². The summed E-state index contributed by atoms with van der Waals surface area (Å²) in [7, 11) is 0. The van der Waals surface area contributed by atoms with Crippen molar-refractivity contribution in [1.29, 1.82) is 0 Å². The van der Waals surface area contributed by atoms with Crippen LogP contribution < -0.4 is 14.8 Å². The largest absolute Gasteiger partial charge is 0.494 e. The van der Waals surface area contributed by atoms with Crippen molar-refractivity contribution < 1.29 is 14.3 Å². The first kappa shape index (κ1) is 20.4. The highest BCUT2D eigenvalue weighted by Gasteiger charge is 2.15. The molecule has 1 amide bonds. The number of pyridine rings is 1. The summed E-state index contributed by atoms with van der Waals surface area (Å²) in [5.41, 5.74) is 3.65. The van der Waals surface area contributed by atoms with Gasteiger partial charge in [-0.25, -0.2) is 4.98 Å². The number of nitrogens with zero attached hydrogens (tertiary/aromatic N) is 1. The first-order valence-electron chi connectivity index (χ1n) is 10.3. The van der Waals surface area contributed by atoms with Crippen LogP contribution in [-0.4, -0.2) is 24.1 Å². The lowest BCUT2D eigenvalue weighted by Gasteiger charge is -2.12. The van der Waals surface area contributed by atoms with Gasteiger partial charge in [0.15, 0.2) is 0 Å². The lowest BCUT2D eigenvalue weighted by Crippen LogP contribution is -2.13. The summed E-state index contributed by atoms with van der Waals surface area (Å²) in [5, 5.41) is 3.78. The van der Waals surface area contributed by atoms with Crippen LogP contribution in [0.4, 0.5) is 5.69 Å². The van der Waals surface area contributed by atoms with E-state index in [1.807, 2.05) is 92.7 Å². The maximum absolute atomic E-state index is 13.2. The van der Waals surface area contributed by atoms with E-state index in [-0.39, 0.29) is 5.91 Å². The molecule has 0 radical (unpaired) electrons. The van der Waals surface area contributed by atoms with E-state index in [0.717, 1.165) is 33.7 Å². The number of amides is 1. The van der Waals surface area contributed by atoms with Crippen LogP contribution >= 0.6 is 0 Å². The lowest BCUT2D eigenvalue weighted by atomic mass is 10.0. The SMILES string of the molecule is CCOc1ccc(NC(=O)c2cc(-c3cccc(OCC)c3)nc3ccccc23)cc1. The molecule has 1 aromatic heterocycles. The minimum Gasteiger partial charge on any atom is -0.494 e. The second kappa shape index (κ2) is 9.30. The highest BCUT2D eigenvalue weighted by atomic mass is 16.5. The summed E-state index contributed by atoms with van der Waals surface area (Å²) in [6, 6.07) is 24.6. The number of carbonyl (C=O) groups is 1. The van der Waals surface area contributed by atoms with Crippen molar-refractivity contribution in [3.05, 3.63) is 84.4 Å². The van der Waals surface area contributed by atoms with E-state index in [9.17, 15) is 4.79 Å². The molecule has 0 spiro atoms. The van der Waals surface area contributed by atoms with Crippen LogP contribution in [0.25, 0.3) is 22.2 Å². The van der Waals surface area contributed by atoms with Gasteiger partial charge in [-0.15, -0.1) is 0 Å². The van der Waals surface area contributed by atoms with Crippen molar-refractivity contribution in [3.63, 3.8) is 0 Å². The van der Waals surface area contributed by atoms with Crippen molar-refractivity contribution in [3.8, 4) is 22.8 Å². The van der Waals surface area contributed by atoms with Crippen molar-refractivity contribution in [2.24, 2.45) is 0 Å². The summed E-state index contributed by atoms with van der Waals surface area (Å²) >= 11 is 0. The van der Waals surface area contributed by atoms with Gasteiger partial charge >= 0.3 is 0 Å². The van der Waals surface area contributed by atoms with E-state index >= 15 is 0 Å². The van der Waals surface area contributed by atoms with Crippen molar-refractivity contribution in [1.82, 2.24) is 4.98 Å². The van der Waals surface area contributed by atoms with Crippen LogP contribution in [0.15, 0.2) is 78.9 Å². The van der Waals surface area contributed by atoms with Crippen LogP contribution in [0, 0.1) is 0 Å². The molecule has 0 saturated carbocycles. The third-order valence-corrected chi connectivity index (χ3v) is 4.82. The third kappa shape index (κ3) is 4.67. The van der Waals surface area contributed by atoms with E-state index < -0.39 is 0 Å². The zero-order valence-corrected chi connectivity index (χ0v) is 17.6. The number of anilines is 1. The van der Waals surface area contributed by atoms with E-state index in [2.05, 4.69) is 5.32 Å². The standard InChI is InChI=1S/C26H24N2O3/c1-3-30-20-14-12-19(13-15-20)27-26(29)23-17-25(28-24-11-6-5-10-22(23)24)18-8-7-9-21(16-18)31-4-2/h5-17H,3-4H2,1-2H3,(H,27,29). The van der Waals surface area contributed by atoms with Crippen LogP contribution in [0.1, 0.15) is 24.2 Å². The second-order valence-corrected chi connectivity index (χ2v) is 6.94. The Kier molecular flexibility index (Phi) is 6.13. The van der Waals surface area contributed by atoms with Gasteiger partial charge in [0.25, 0.3) is 5.91 Å². The smallest absolute Gasteiger partial charge is 0.256 e. The Morgan fingerprint density at radius 3 is 2.35 bits per heavy atom. The fourth-order valence-corrected chi connectivity index (χ4v) is 3.42. The van der Waals surface area contributed by atoms with E-state index in [1.165, 1.54) is 0 Å². The zero-order chi connectivity index (χ0) is 21.6. The number of aromatic nitrogens is 1. The summed E-state index contributed by atoms with van der Waals surface area (Å²) < 4.78 is 11.1. The average molecular weight is 412 g/mol. The minimum absolute atomic E-state index is 0.190. The molecule has 0 aliphatic heterocycles. The quantitative estimate of drug-likeness (QED) is 0.407. The fraction of sp³-hybridized carbons (Fsp3) is 0.154. The number of rotatable bonds is 7. The minimum atomic E-state index is -0.190. The number of hydrogen-bond donors (Lipinski definition) is 1. The highest BCUT2D eigenvalue weighted by Crippen LogP contribution is 2.28. The molecule has 5 nitrogen and oxygen atoms in total. The van der Waals surface area contributed by atoms with Crippen LogP contribution in [0.5, 0.6) is 11.5 Å². The highest BCUT2D eigenvalue weighted by molar-refractivity contribution is 6.13. The molecule has 0 saturated heterocycles. The number of para-hydroxylation sites is 1. The molecule has 5 heteroatoms. The van der Waals surface area contributed by atoms with Gasteiger partial charge in [-0.2, -0.15) is 0 Å². The molecule has 156 valence electrons. The molecule has 0 fully saturated rings. The molecular formula is C26H24N2O3. The Morgan fingerprint density at radius 2 is 1.58 bits per heavy atom. The van der Waals surface area contributed by atoms with Crippen LogP contribution in [0.3, 0.4) is 0 Å². The molecule has 31 heavy (non-hydrogen) atoms. The molecule has 0 atom stereocenters. The Bertz CT molecular complexity index is 1200. The maximum Gasteiger partial charge on any atom is 0.256 e. The summed E-state index contributed by atoms with van der Waals surface area (Å²) in [5.74, 6) is 1.35. The van der Waals surface area contributed by atoms with Crippen LogP contribution in [-0.2, 0) is 0 Å². The van der Waals surface area contributed by atoms with Gasteiger partial charge in [-0.05, 0) is 62.4 Å². The fourth-order valence-electron chi connectivity index (χ4n) is 3.42. The summed E-state index contributed by atoms with van der Waals surface area (Å²) in [4.78, 5) is 18.0. The third-order valence-electron chi connectivity index (χ3n) is 4.82. The predicted octanol–water partition coefficient (Wildman–Crippen LogP) is 5.95. The average Bonchev–Trinajstić information content (AvgIpc) is 2.80. The number of hydrogen-bond acceptors (Lipinski definition) is 4. The van der Waals surface area contributed by atoms with Gasteiger partial charge in [0.05, 0.1) is 30.0 Å². The molecule has 1 heterocycles. The van der Waals surface area contributed by atoms with Gasteiger partial charge < -0.3 is 14.8 Å². The Morgan fingerprint density at radius 1 is 0.839 bits per heavy atom. The predicted molar refractivity (Wildman–Crippen MR) is 124 cm³/mol. The van der Waals surface area contributed by atoms with Crippen LogP contribution in [0.2, 0.25) is 0 Å². The maximum atomic E-state index is 13.2. The Labute approximate surface area is 181 Å². The number of ether oxygens (including phenoxy) is 2. The summed E-state index contributed by atoms with van der Waals surface area (Å²) in [6.45, 7) is 5.07. The molecule has 4 aromatic rings. The molecular weight excluding hydrogens is 388 g/mol. The number of benzene rings is 3. The molecule has 0 aliphatic carbocycles. The first-order chi connectivity index (χ1) is 15.2. The van der Waals surface area contributed by atoms with E-state index in [4.69, 9.17) is 14.5 Å². The van der Waals surface area contributed by atoms with Gasteiger partial charge in [-0.3, -0.25) is 4.79 Å².